The molecular weight excluding hydrogens is 203 g/mol. The Morgan fingerprint density at radius 1 is 1.12 bits per heavy atom. The predicted molar refractivity (Wildman–Crippen MR) is 82.8 cm³/mol. The molecule has 0 rings (SSSR count). The average molecular weight is 230 g/mol. The normalized spacial score (nSPS) is 14.4. The maximum Gasteiger partial charge on any atom is 0.161 e. The molecule has 0 aliphatic rings. The van der Waals surface area contributed by atoms with Gasteiger partial charge in [-0.15, -0.1) is 0 Å². The Morgan fingerprint density at radius 2 is 1.76 bits per heavy atom. The maximum absolute atomic E-state index is 3.79. The Kier molecular flexibility index (Phi) is 8.57. The Labute approximate surface area is 108 Å². The van der Waals surface area contributed by atoms with Crippen molar-refractivity contribution in [2.75, 3.05) is 0 Å². The molecule has 0 spiro atoms. The molecule has 0 aromatic rings. The third kappa shape index (κ3) is 7.85. The first kappa shape index (κ1) is 16.0. The van der Waals surface area contributed by atoms with Crippen molar-refractivity contribution in [2.45, 2.75) is 39.9 Å². The number of allylic oxidation sites excluding steroid dienone is 6. The van der Waals surface area contributed by atoms with Gasteiger partial charge in [0.2, 0.25) is 0 Å². The van der Waals surface area contributed by atoms with Crippen LogP contribution in [0.3, 0.4) is 0 Å². The highest BCUT2D eigenvalue weighted by Gasteiger charge is 2.17. The van der Waals surface area contributed by atoms with E-state index in [1.807, 2.05) is 18.2 Å². The zero-order valence-electron chi connectivity index (χ0n) is 11.9. The van der Waals surface area contributed by atoms with E-state index < -0.39 is 0 Å². The van der Waals surface area contributed by atoms with Crippen LogP contribution in [0.15, 0.2) is 49.0 Å². The summed E-state index contributed by atoms with van der Waals surface area (Å²) in [5.41, 5.74) is 1.35. The van der Waals surface area contributed by atoms with Gasteiger partial charge in [0.05, 0.1) is 0 Å². The quantitative estimate of drug-likeness (QED) is 0.418. The lowest BCUT2D eigenvalue weighted by Crippen LogP contribution is -2.14. The smallest absolute Gasteiger partial charge is 0.0991 e. The summed E-state index contributed by atoms with van der Waals surface area (Å²) in [6, 6.07) is 0. The van der Waals surface area contributed by atoms with Gasteiger partial charge in [0.25, 0.3) is 0 Å². The van der Waals surface area contributed by atoms with Crippen LogP contribution < -0.4 is 0 Å². The van der Waals surface area contributed by atoms with Crippen LogP contribution in [0, 0.1) is 11.8 Å². The van der Waals surface area contributed by atoms with Crippen LogP contribution >= 0.6 is 0 Å². The van der Waals surface area contributed by atoms with Crippen molar-refractivity contribution in [1.29, 1.82) is 0 Å². The molecule has 1 heteroatoms. The van der Waals surface area contributed by atoms with E-state index in [1.165, 1.54) is 11.9 Å². The van der Waals surface area contributed by atoms with Crippen molar-refractivity contribution < 1.29 is 0 Å². The minimum absolute atomic E-state index is 0.725. The van der Waals surface area contributed by atoms with E-state index >= 15 is 0 Å². The fourth-order valence-corrected chi connectivity index (χ4v) is 2.03. The molecule has 0 fully saturated rings. The maximum atomic E-state index is 3.79. The standard InChI is InChI=1S/C16H27B/c1-7-9-11-15(10-8-2)17-16(14(5)6)12-13(3)4/h7-11,13-14,16-17H,1-2,12H2,3-6H3/b11-9-,15-10+. The molecule has 0 amide bonds. The molecular formula is C16H27B. The fourth-order valence-electron chi connectivity index (χ4n) is 2.03. The van der Waals surface area contributed by atoms with Gasteiger partial charge in [-0.1, -0.05) is 94.9 Å². The van der Waals surface area contributed by atoms with Gasteiger partial charge < -0.3 is 0 Å². The molecule has 0 heterocycles. The lowest BCUT2D eigenvalue weighted by atomic mass is 9.52. The van der Waals surface area contributed by atoms with Gasteiger partial charge in [-0.3, -0.25) is 0 Å². The van der Waals surface area contributed by atoms with Gasteiger partial charge in [0.15, 0.2) is 7.28 Å². The van der Waals surface area contributed by atoms with Crippen molar-refractivity contribution in [2.24, 2.45) is 11.8 Å². The predicted octanol–water partition coefficient (Wildman–Crippen LogP) is 4.73. The van der Waals surface area contributed by atoms with E-state index in [-0.39, 0.29) is 0 Å². The summed E-state index contributed by atoms with van der Waals surface area (Å²) < 4.78 is 0. The second-order valence-corrected chi connectivity index (χ2v) is 5.41. The van der Waals surface area contributed by atoms with Gasteiger partial charge in [0.1, 0.15) is 0 Å². The lowest BCUT2D eigenvalue weighted by molar-refractivity contribution is 0.473. The van der Waals surface area contributed by atoms with E-state index in [0.29, 0.717) is 0 Å². The third-order valence-electron chi connectivity index (χ3n) is 2.99. The summed E-state index contributed by atoms with van der Waals surface area (Å²) in [4.78, 5) is 0. The zero-order valence-corrected chi connectivity index (χ0v) is 11.9. The van der Waals surface area contributed by atoms with E-state index in [2.05, 4.69) is 53.0 Å². The molecule has 1 atom stereocenters. The summed E-state index contributed by atoms with van der Waals surface area (Å²) in [5.74, 6) is 2.23. The molecule has 0 aliphatic carbocycles. The minimum atomic E-state index is 0.725. The van der Waals surface area contributed by atoms with E-state index in [1.54, 1.807) is 0 Å². The van der Waals surface area contributed by atoms with Crippen LogP contribution in [0.2, 0.25) is 5.82 Å². The largest absolute Gasteiger partial charge is 0.161 e. The zero-order chi connectivity index (χ0) is 13.3. The first-order valence-electron chi connectivity index (χ1n) is 6.61. The Morgan fingerprint density at radius 3 is 2.18 bits per heavy atom. The summed E-state index contributed by atoms with van der Waals surface area (Å²) in [5, 5.41) is 0. The van der Waals surface area contributed by atoms with Gasteiger partial charge in [-0.25, -0.2) is 0 Å². The minimum Gasteiger partial charge on any atom is -0.0991 e. The van der Waals surface area contributed by atoms with Crippen LogP contribution in [0.1, 0.15) is 34.1 Å². The van der Waals surface area contributed by atoms with E-state index in [4.69, 9.17) is 0 Å². The Hall–Kier alpha value is -0.975. The molecule has 1 unspecified atom stereocenters. The van der Waals surface area contributed by atoms with Crippen molar-refractivity contribution in [1.82, 2.24) is 0 Å². The van der Waals surface area contributed by atoms with Crippen LogP contribution in [-0.4, -0.2) is 7.28 Å². The third-order valence-corrected chi connectivity index (χ3v) is 2.99. The molecule has 0 aromatic heterocycles. The molecule has 0 radical (unpaired) electrons. The van der Waals surface area contributed by atoms with Crippen LogP contribution in [0.5, 0.6) is 0 Å². The summed E-state index contributed by atoms with van der Waals surface area (Å²) >= 11 is 0. The van der Waals surface area contributed by atoms with Gasteiger partial charge >= 0.3 is 0 Å². The monoisotopic (exact) mass is 230 g/mol. The number of hydrogen-bond donors (Lipinski definition) is 0. The first-order valence-corrected chi connectivity index (χ1v) is 6.61. The SMILES string of the molecule is C=C/C=C\C(BC(CC(C)C)C(C)C)=C/C=C. The molecule has 0 saturated heterocycles. The molecule has 94 valence electrons. The highest BCUT2D eigenvalue weighted by Crippen LogP contribution is 2.27. The fraction of sp³-hybridized carbons (Fsp3) is 0.500. The molecule has 0 N–H and O–H groups in total. The summed E-state index contributed by atoms with van der Waals surface area (Å²) in [6.07, 6.45) is 11.2. The van der Waals surface area contributed by atoms with Crippen molar-refractivity contribution in [3.05, 3.63) is 49.0 Å². The van der Waals surface area contributed by atoms with Crippen LogP contribution in [-0.2, 0) is 0 Å². The highest BCUT2D eigenvalue weighted by atomic mass is 14.1. The van der Waals surface area contributed by atoms with E-state index in [9.17, 15) is 0 Å². The topological polar surface area (TPSA) is 0 Å². The van der Waals surface area contributed by atoms with Crippen LogP contribution in [0.25, 0.3) is 0 Å². The highest BCUT2D eigenvalue weighted by molar-refractivity contribution is 6.48. The average Bonchev–Trinajstić information content (AvgIpc) is 2.24. The molecule has 0 bridgehead atoms. The molecule has 0 aromatic carbocycles. The summed E-state index contributed by atoms with van der Waals surface area (Å²) in [7, 11) is 1.13. The second kappa shape index (κ2) is 9.10. The Bertz CT molecular complexity index is 282. The second-order valence-electron chi connectivity index (χ2n) is 5.41. The van der Waals surface area contributed by atoms with Gasteiger partial charge in [-0.2, -0.15) is 0 Å². The molecule has 17 heavy (non-hydrogen) atoms. The molecule has 0 nitrogen and oxygen atoms in total. The molecule has 0 aliphatic heterocycles. The van der Waals surface area contributed by atoms with Crippen molar-refractivity contribution >= 4 is 7.28 Å². The van der Waals surface area contributed by atoms with Crippen LogP contribution in [0.4, 0.5) is 0 Å². The van der Waals surface area contributed by atoms with Gasteiger partial charge in [0, 0.05) is 0 Å². The van der Waals surface area contributed by atoms with Crippen molar-refractivity contribution in [3.8, 4) is 0 Å². The Balaban J connectivity index is 4.67. The van der Waals surface area contributed by atoms with Gasteiger partial charge in [-0.05, 0) is 5.92 Å². The molecule has 0 saturated carbocycles. The number of hydrogen-bond acceptors (Lipinski definition) is 0. The van der Waals surface area contributed by atoms with E-state index in [0.717, 1.165) is 24.9 Å². The first-order chi connectivity index (χ1) is 8.01. The number of rotatable bonds is 8. The lowest BCUT2D eigenvalue weighted by Gasteiger charge is -2.22. The summed E-state index contributed by atoms with van der Waals surface area (Å²) in [6.45, 7) is 16.7. The van der Waals surface area contributed by atoms with Crippen molar-refractivity contribution in [3.63, 3.8) is 0 Å².